The minimum atomic E-state index is -3.45. The normalized spacial score (nSPS) is 27.9. The molecule has 13 heteroatoms. The first-order chi connectivity index (χ1) is 17.9. The lowest BCUT2D eigenvalue weighted by Crippen LogP contribution is -2.54. The SMILES string of the molecule is CCC[C@H](NP(=S)(OC[C@H]1O[C@@H](N2C=CC(=O)CC2=O)[C@](C)(O)[C@@H]1O)Oc1ccccc1)C(=O)OC(C)C. The predicted octanol–water partition coefficient (Wildman–Crippen LogP) is 2.17. The Labute approximate surface area is 227 Å². The number of allylic oxidation sites excluding steroid dienone is 1. The van der Waals surface area contributed by atoms with E-state index in [1.165, 1.54) is 19.2 Å². The molecule has 1 saturated heterocycles. The molecule has 3 rings (SSSR count). The number of amides is 1. The van der Waals surface area contributed by atoms with Gasteiger partial charge in [-0.05, 0) is 57.2 Å². The summed E-state index contributed by atoms with van der Waals surface area (Å²) in [6.07, 6.45) is -1.05. The fraction of sp³-hybridized carbons (Fsp3) is 0.560. The molecule has 0 spiro atoms. The van der Waals surface area contributed by atoms with Crippen molar-refractivity contribution < 1.29 is 43.1 Å². The van der Waals surface area contributed by atoms with Crippen LogP contribution in [-0.2, 0) is 40.2 Å². The fourth-order valence-electron chi connectivity index (χ4n) is 4.04. The summed E-state index contributed by atoms with van der Waals surface area (Å²) in [5.41, 5.74) is -1.88. The molecule has 6 atom stereocenters. The minimum absolute atomic E-state index is 0.326. The zero-order valence-corrected chi connectivity index (χ0v) is 23.5. The number of aliphatic hydroxyl groups is 2. The number of esters is 1. The van der Waals surface area contributed by atoms with Crippen LogP contribution in [0.1, 0.15) is 47.0 Å². The smallest absolute Gasteiger partial charge is 0.323 e. The lowest BCUT2D eigenvalue weighted by molar-refractivity contribution is -0.158. The average molecular weight is 571 g/mol. The number of ketones is 1. The van der Waals surface area contributed by atoms with E-state index in [0.717, 1.165) is 4.90 Å². The van der Waals surface area contributed by atoms with Crippen LogP contribution in [0.5, 0.6) is 5.75 Å². The molecule has 2 aliphatic rings. The monoisotopic (exact) mass is 570 g/mol. The topological polar surface area (TPSA) is 144 Å². The van der Waals surface area contributed by atoms with Crippen LogP contribution >= 0.6 is 6.64 Å². The molecule has 0 saturated carbocycles. The Morgan fingerprint density at radius 3 is 2.61 bits per heavy atom. The number of nitrogens with one attached hydrogen (secondary N) is 1. The van der Waals surface area contributed by atoms with Crippen molar-refractivity contribution in [2.24, 2.45) is 0 Å². The highest BCUT2D eigenvalue weighted by molar-refractivity contribution is 8.09. The summed E-state index contributed by atoms with van der Waals surface area (Å²) < 4.78 is 23.3. The summed E-state index contributed by atoms with van der Waals surface area (Å²) in [7, 11) is 0. The summed E-state index contributed by atoms with van der Waals surface area (Å²) in [5.74, 6) is -1.03. The van der Waals surface area contributed by atoms with Crippen molar-refractivity contribution in [3.63, 3.8) is 0 Å². The third kappa shape index (κ3) is 7.47. The fourth-order valence-corrected chi connectivity index (χ4v) is 6.40. The molecule has 1 unspecified atom stereocenters. The second-order valence-corrected chi connectivity index (χ2v) is 12.7. The van der Waals surface area contributed by atoms with Crippen molar-refractivity contribution in [3.8, 4) is 5.75 Å². The van der Waals surface area contributed by atoms with Crippen molar-refractivity contribution in [1.82, 2.24) is 9.99 Å². The molecule has 3 N–H and O–H groups in total. The third-order valence-corrected chi connectivity index (χ3v) is 8.37. The van der Waals surface area contributed by atoms with Crippen LogP contribution in [0.25, 0.3) is 0 Å². The number of hydrogen-bond donors (Lipinski definition) is 3. The van der Waals surface area contributed by atoms with Gasteiger partial charge in [-0.25, -0.2) is 5.09 Å². The van der Waals surface area contributed by atoms with Crippen molar-refractivity contribution >= 4 is 36.1 Å². The van der Waals surface area contributed by atoms with Gasteiger partial charge in [-0.3, -0.25) is 19.3 Å². The highest BCUT2D eigenvalue weighted by Crippen LogP contribution is 2.47. The molecule has 210 valence electrons. The Kier molecular flexibility index (Phi) is 10.2. The van der Waals surface area contributed by atoms with E-state index in [2.05, 4.69) is 5.09 Å². The molecule has 2 aliphatic heterocycles. The van der Waals surface area contributed by atoms with E-state index < -0.39 is 48.6 Å². The zero-order valence-electron chi connectivity index (χ0n) is 21.8. The van der Waals surface area contributed by atoms with E-state index in [4.69, 9.17) is 30.3 Å². The average Bonchev–Trinajstić information content (AvgIpc) is 3.06. The van der Waals surface area contributed by atoms with E-state index in [1.807, 2.05) is 6.92 Å². The third-order valence-electron chi connectivity index (χ3n) is 5.95. The number of rotatable bonds is 12. The van der Waals surface area contributed by atoms with Crippen LogP contribution in [0.2, 0.25) is 0 Å². The second-order valence-electron chi connectivity index (χ2n) is 9.61. The zero-order chi connectivity index (χ0) is 28.1. The van der Waals surface area contributed by atoms with Gasteiger partial charge in [0.15, 0.2) is 12.0 Å². The van der Waals surface area contributed by atoms with Crippen LogP contribution in [0.4, 0.5) is 0 Å². The number of carbonyl (C=O) groups excluding carboxylic acids is 3. The van der Waals surface area contributed by atoms with Crippen LogP contribution < -0.4 is 9.61 Å². The van der Waals surface area contributed by atoms with Gasteiger partial charge in [-0.1, -0.05) is 31.5 Å². The maximum atomic E-state index is 12.8. The van der Waals surface area contributed by atoms with E-state index in [0.29, 0.717) is 18.6 Å². The van der Waals surface area contributed by atoms with Gasteiger partial charge in [0.25, 0.3) is 0 Å². The van der Waals surface area contributed by atoms with Crippen LogP contribution in [0, 0.1) is 0 Å². The maximum absolute atomic E-state index is 12.8. The molecule has 38 heavy (non-hydrogen) atoms. The summed E-state index contributed by atoms with van der Waals surface area (Å²) in [6, 6.07) is 7.88. The van der Waals surface area contributed by atoms with Gasteiger partial charge >= 0.3 is 12.6 Å². The Morgan fingerprint density at radius 1 is 1.32 bits per heavy atom. The van der Waals surface area contributed by atoms with Gasteiger partial charge in [-0.15, -0.1) is 0 Å². The standard InChI is InChI=1S/C25H35N2O9PS/c1-5-9-19(23(31)34-16(2)3)26-37(38,36-18-10-7-6-8-11-18)33-15-20-22(30)25(4,32)24(35-20)27-13-12-17(28)14-21(27)29/h6-8,10-13,16,19-20,22,24,30,32H,5,9,14-15H2,1-4H3,(H,26,38)/t19-,20+,22+,24+,25+,37?/m0/s1. The highest BCUT2D eigenvalue weighted by atomic mass is 32.5. The van der Waals surface area contributed by atoms with Gasteiger partial charge < -0.3 is 28.7 Å². The number of hydrogen-bond acceptors (Lipinski definition) is 10. The van der Waals surface area contributed by atoms with Crippen molar-refractivity contribution in [3.05, 3.63) is 42.6 Å². The van der Waals surface area contributed by atoms with Crippen molar-refractivity contribution in [1.29, 1.82) is 0 Å². The first-order valence-corrected chi connectivity index (χ1v) is 15.1. The molecule has 2 heterocycles. The van der Waals surface area contributed by atoms with Crippen LogP contribution in [-0.4, -0.2) is 75.6 Å². The lowest BCUT2D eigenvalue weighted by Gasteiger charge is -2.34. The minimum Gasteiger partial charge on any atom is -0.462 e. The van der Waals surface area contributed by atoms with E-state index >= 15 is 0 Å². The molecule has 1 aromatic rings. The number of carbonyl (C=O) groups is 3. The molecule has 11 nitrogen and oxygen atoms in total. The largest absolute Gasteiger partial charge is 0.462 e. The van der Waals surface area contributed by atoms with Crippen molar-refractivity contribution in [2.75, 3.05) is 6.61 Å². The Balaban J connectivity index is 1.80. The number of benzene rings is 1. The molecule has 1 amide bonds. The van der Waals surface area contributed by atoms with Crippen LogP contribution in [0.3, 0.4) is 0 Å². The van der Waals surface area contributed by atoms with E-state index in [1.54, 1.807) is 44.2 Å². The van der Waals surface area contributed by atoms with Gasteiger partial charge in [0.2, 0.25) is 5.91 Å². The highest BCUT2D eigenvalue weighted by Gasteiger charge is 2.56. The maximum Gasteiger partial charge on any atom is 0.323 e. The number of para-hydroxylation sites is 1. The van der Waals surface area contributed by atoms with Gasteiger partial charge in [0.05, 0.1) is 19.1 Å². The summed E-state index contributed by atoms with van der Waals surface area (Å²) >= 11 is 5.76. The quantitative estimate of drug-likeness (QED) is 0.193. The first-order valence-electron chi connectivity index (χ1n) is 12.4. The molecule has 1 aromatic carbocycles. The van der Waals surface area contributed by atoms with Crippen molar-refractivity contribution in [2.45, 2.75) is 83.1 Å². The van der Waals surface area contributed by atoms with Gasteiger partial charge in [-0.2, -0.15) is 0 Å². The van der Waals surface area contributed by atoms with E-state index in [-0.39, 0.29) is 24.9 Å². The van der Waals surface area contributed by atoms with Gasteiger partial charge in [0, 0.05) is 6.20 Å². The molecule has 0 aromatic heterocycles. The summed E-state index contributed by atoms with van der Waals surface area (Å²) in [6.45, 7) is 2.95. The predicted molar refractivity (Wildman–Crippen MR) is 141 cm³/mol. The molecular weight excluding hydrogens is 535 g/mol. The number of ether oxygens (including phenoxy) is 2. The molecule has 0 radical (unpaired) electrons. The Hall–Kier alpha value is -2.18. The molecule has 0 aliphatic carbocycles. The molecular formula is C25H35N2O9PS. The Bertz CT molecular complexity index is 1080. The van der Waals surface area contributed by atoms with E-state index in [9.17, 15) is 24.6 Å². The molecule has 0 bridgehead atoms. The Morgan fingerprint density at radius 2 is 2.00 bits per heavy atom. The van der Waals surface area contributed by atoms with Crippen LogP contribution in [0.15, 0.2) is 42.6 Å². The number of aliphatic hydroxyl groups excluding tert-OH is 1. The lowest BCUT2D eigenvalue weighted by atomic mass is 9.95. The summed E-state index contributed by atoms with van der Waals surface area (Å²) in [4.78, 5) is 37.8. The molecule has 1 fully saturated rings. The first kappa shape index (κ1) is 30.4. The summed E-state index contributed by atoms with van der Waals surface area (Å²) in [5, 5.41) is 24.9. The number of nitrogens with zero attached hydrogens (tertiary/aromatic N) is 1. The second kappa shape index (κ2) is 12.8. The van der Waals surface area contributed by atoms with Gasteiger partial charge in [0.1, 0.15) is 29.6 Å².